The van der Waals surface area contributed by atoms with Crippen LogP contribution in [0.1, 0.15) is 6.92 Å². The SMILES string of the molecule is C[C@H]1Oc2ccccc2O[C@H]1C(=O)N=c1sccn1C. The summed E-state index contributed by atoms with van der Waals surface area (Å²) in [5.74, 6) is 0.908. The molecule has 104 valence electrons. The zero-order valence-corrected chi connectivity index (χ0v) is 12.0. The molecule has 0 N–H and O–H groups in total. The van der Waals surface area contributed by atoms with Crippen molar-refractivity contribution in [2.75, 3.05) is 0 Å². The Morgan fingerprint density at radius 3 is 2.65 bits per heavy atom. The van der Waals surface area contributed by atoms with E-state index < -0.39 is 6.10 Å². The summed E-state index contributed by atoms with van der Waals surface area (Å²) in [6, 6.07) is 7.32. The van der Waals surface area contributed by atoms with E-state index in [1.54, 1.807) is 10.6 Å². The van der Waals surface area contributed by atoms with Gasteiger partial charge >= 0.3 is 0 Å². The number of carbonyl (C=O) groups excluding carboxylic acids is 1. The largest absolute Gasteiger partial charge is 0.482 e. The lowest BCUT2D eigenvalue weighted by molar-refractivity contribution is -0.130. The first-order valence-electron chi connectivity index (χ1n) is 6.26. The molecular formula is C14H14N2O3S. The zero-order chi connectivity index (χ0) is 14.1. The van der Waals surface area contributed by atoms with Gasteiger partial charge in [0.1, 0.15) is 6.10 Å². The Morgan fingerprint density at radius 2 is 2.00 bits per heavy atom. The molecule has 3 rings (SSSR count). The Labute approximate surface area is 120 Å². The van der Waals surface area contributed by atoms with E-state index in [1.807, 2.05) is 43.7 Å². The molecule has 1 aliphatic heterocycles. The summed E-state index contributed by atoms with van der Waals surface area (Å²) < 4.78 is 13.2. The highest BCUT2D eigenvalue weighted by atomic mass is 32.1. The van der Waals surface area contributed by atoms with Gasteiger partial charge in [0.05, 0.1) is 0 Å². The molecule has 20 heavy (non-hydrogen) atoms. The third kappa shape index (κ3) is 2.34. The number of aryl methyl sites for hydroxylation is 1. The quantitative estimate of drug-likeness (QED) is 0.804. The average Bonchev–Trinajstić information content (AvgIpc) is 2.83. The first-order chi connectivity index (χ1) is 9.65. The van der Waals surface area contributed by atoms with Gasteiger partial charge in [-0.3, -0.25) is 4.79 Å². The van der Waals surface area contributed by atoms with Gasteiger partial charge in [-0.15, -0.1) is 11.3 Å². The number of benzene rings is 1. The zero-order valence-electron chi connectivity index (χ0n) is 11.1. The van der Waals surface area contributed by atoms with Crippen LogP contribution in [0.4, 0.5) is 0 Å². The van der Waals surface area contributed by atoms with Crippen LogP contribution in [0.25, 0.3) is 0 Å². The molecule has 0 spiro atoms. The lowest BCUT2D eigenvalue weighted by Gasteiger charge is -2.29. The first kappa shape index (κ1) is 12.9. The highest BCUT2D eigenvalue weighted by Crippen LogP contribution is 2.33. The molecule has 2 heterocycles. The molecular weight excluding hydrogens is 276 g/mol. The van der Waals surface area contributed by atoms with Crippen LogP contribution in [0, 0.1) is 0 Å². The van der Waals surface area contributed by atoms with Gasteiger partial charge in [0.2, 0.25) is 6.10 Å². The van der Waals surface area contributed by atoms with E-state index in [0.717, 1.165) is 0 Å². The highest BCUT2D eigenvalue weighted by Gasteiger charge is 2.33. The standard InChI is InChI=1S/C14H14N2O3S/c1-9-12(13(17)15-14-16(2)7-8-20-14)19-11-6-4-3-5-10(11)18-9/h3-9,12H,1-2H3/t9-,12-/m1/s1. The van der Waals surface area contributed by atoms with Crippen LogP contribution in [0.3, 0.4) is 0 Å². The van der Waals surface area contributed by atoms with Crippen molar-refractivity contribution in [3.63, 3.8) is 0 Å². The lowest BCUT2D eigenvalue weighted by atomic mass is 10.1. The first-order valence-corrected chi connectivity index (χ1v) is 7.14. The summed E-state index contributed by atoms with van der Waals surface area (Å²) in [6.07, 6.45) is 0.770. The van der Waals surface area contributed by atoms with Crippen LogP contribution >= 0.6 is 11.3 Å². The van der Waals surface area contributed by atoms with Gasteiger partial charge in [-0.1, -0.05) is 12.1 Å². The second kappa shape index (κ2) is 5.13. The maximum atomic E-state index is 12.3. The minimum absolute atomic E-state index is 0.329. The second-order valence-corrected chi connectivity index (χ2v) is 5.43. The predicted octanol–water partition coefficient (Wildman–Crippen LogP) is 1.74. The Kier molecular flexibility index (Phi) is 3.31. The van der Waals surface area contributed by atoms with E-state index in [4.69, 9.17) is 9.47 Å². The van der Waals surface area contributed by atoms with E-state index in [0.29, 0.717) is 16.3 Å². The number of carbonyl (C=O) groups is 1. The van der Waals surface area contributed by atoms with Crippen molar-refractivity contribution in [2.45, 2.75) is 19.1 Å². The van der Waals surface area contributed by atoms with Gasteiger partial charge < -0.3 is 14.0 Å². The molecule has 0 unspecified atom stereocenters. The van der Waals surface area contributed by atoms with Crippen LogP contribution < -0.4 is 14.3 Å². The van der Waals surface area contributed by atoms with E-state index in [2.05, 4.69) is 4.99 Å². The Bertz CT molecular complexity index is 704. The fourth-order valence-corrected chi connectivity index (χ4v) is 2.72. The molecule has 2 atom stereocenters. The molecule has 0 bridgehead atoms. The number of thiazole rings is 1. The van der Waals surface area contributed by atoms with Crippen molar-refractivity contribution in [1.29, 1.82) is 0 Å². The van der Waals surface area contributed by atoms with Crippen molar-refractivity contribution in [1.82, 2.24) is 4.57 Å². The molecule has 5 nitrogen and oxygen atoms in total. The topological polar surface area (TPSA) is 52.8 Å². The van der Waals surface area contributed by atoms with E-state index >= 15 is 0 Å². The van der Waals surface area contributed by atoms with Crippen LogP contribution in [0.15, 0.2) is 40.8 Å². The number of para-hydroxylation sites is 2. The van der Waals surface area contributed by atoms with Gasteiger partial charge in [0.15, 0.2) is 16.3 Å². The molecule has 0 radical (unpaired) electrons. The maximum Gasteiger partial charge on any atom is 0.293 e. The van der Waals surface area contributed by atoms with Gasteiger partial charge in [0.25, 0.3) is 5.91 Å². The molecule has 0 fully saturated rings. The van der Waals surface area contributed by atoms with Crippen LogP contribution in [0.2, 0.25) is 0 Å². The number of aromatic nitrogens is 1. The number of ether oxygens (including phenoxy) is 2. The number of rotatable bonds is 1. The lowest BCUT2D eigenvalue weighted by Crippen LogP contribution is -2.43. The summed E-state index contributed by atoms with van der Waals surface area (Å²) >= 11 is 1.41. The molecule has 0 saturated heterocycles. The monoisotopic (exact) mass is 290 g/mol. The van der Waals surface area contributed by atoms with Gasteiger partial charge in [-0.25, -0.2) is 0 Å². The fraction of sp³-hybridized carbons (Fsp3) is 0.286. The minimum atomic E-state index is -0.716. The fourth-order valence-electron chi connectivity index (χ4n) is 1.98. The minimum Gasteiger partial charge on any atom is -0.482 e. The normalized spacial score (nSPS) is 21.8. The van der Waals surface area contributed by atoms with Crippen molar-refractivity contribution in [3.05, 3.63) is 40.6 Å². The van der Waals surface area contributed by atoms with E-state index in [-0.39, 0.29) is 12.0 Å². The van der Waals surface area contributed by atoms with Crippen LogP contribution in [0.5, 0.6) is 11.5 Å². The number of hydrogen-bond acceptors (Lipinski definition) is 4. The molecule has 1 amide bonds. The van der Waals surface area contributed by atoms with Gasteiger partial charge in [0, 0.05) is 18.6 Å². The van der Waals surface area contributed by atoms with Crippen molar-refractivity contribution >= 4 is 17.2 Å². The number of nitrogens with zero attached hydrogens (tertiary/aromatic N) is 2. The smallest absolute Gasteiger partial charge is 0.293 e. The van der Waals surface area contributed by atoms with Crippen molar-refractivity contribution < 1.29 is 14.3 Å². The van der Waals surface area contributed by atoms with Gasteiger partial charge in [-0.2, -0.15) is 4.99 Å². The second-order valence-electron chi connectivity index (χ2n) is 4.55. The maximum absolute atomic E-state index is 12.3. The summed E-state index contributed by atoms with van der Waals surface area (Å²) in [7, 11) is 1.85. The highest BCUT2D eigenvalue weighted by molar-refractivity contribution is 7.07. The molecule has 0 aliphatic carbocycles. The molecule has 0 saturated carbocycles. The van der Waals surface area contributed by atoms with Crippen molar-refractivity contribution in [3.8, 4) is 11.5 Å². The molecule has 1 aromatic heterocycles. The molecule has 1 aromatic carbocycles. The summed E-state index contributed by atoms with van der Waals surface area (Å²) in [5.41, 5.74) is 0. The Hall–Kier alpha value is -2.08. The van der Waals surface area contributed by atoms with Crippen molar-refractivity contribution in [2.24, 2.45) is 12.0 Å². The van der Waals surface area contributed by atoms with Crippen LogP contribution in [-0.4, -0.2) is 22.7 Å². The number of fused-ring (bicyclic) bond motifs is 1. The predicted molar refractivity (Wildman–Crippen MR) is 74.8 cm³/mol. The summed E-state index contributed by atoms with van der Waals surface area (Å²) in [6.45, 7) is 1.81. The number of hydrogen-bond donors (Lipinski definition) is 0. The molecule has 2 aromatic rings. The third-order valence-corrected chi connectivity index (χ3v) is 3.90. The van der Waals surface area contributed by atoms with Gasteiger partial charge in [-0.05, 0) is 19.1 Å². The molecule has 1 aliphatic rings. The Morgan fingerprint density at radius 1 is 1.30 bits per heavy atom. The number of amides is 1. The van der Waals surface area contributed by atoms with E-state index in [9.17, 15) is 4.79 Å². The van der Waals surface area contributed by atoms with E-state index in [1.165, 1.54) is 11.3 Å². The average molecular weight is 290 g/mol. The summed E-state index contributed by atoms with van der Waals surface area (Å²) in [4.78, 5) is 17.0. The third-order valence-electron chi connectivity index (χ3n) is 3.05. The van der Waals surface area contributed by atoms with Crippen LogP contribution in [-0.2, 0) is 11.8 Å². The summed E-state index contributed by atoms with van der Waals surface area (Å²) in [5, 5.41) is 1.88. The Balaban J connectivity index is 1.89. The molecule has 6 heteroatoms.